The molecule has 4 nitrogen and oxygen atoms in total. The van der Waals surface area contributed by atoms with Gasteiger partial charge in [0.05, 0.1) is 13.2 Å². The Bertz CT molecular complexity index is 435. The highest BCUT2D eigenvalue weighted by atomic mass is 16.5. The Morgan fingerprint density at radius 2 is 2.15 bits per heavy atom. The number of hydrogen-bond acceptors (Lipinski definition) is 4. The molecule has 0 spiro atoms. The van der Waals surface area contributed by atoms with E-state index < -0.39 is 6.10 Å². The smallest absolute Gasteiger partial charge is 0.323 e. The minimum absolute atomic E-state index is 0.242. The highest BCUT2D eigenvalue weighted by Gasteiger charge is 2.37. The molecular formula is C16H23NO3. The van der Waals surface area contributed by atoms with Gasteiger partial charge in [0.1, 0.15) is 6.04 Å². The number of aliphatic hydroxyl groups excluding tert-OH is 1. The largest absolute Gasteiger partial charge is 0.468 e. The first-order chi connectivity index (χ1) is 9.60. The molecule has 1 N–H and O–H groups in total. The number of aliphatic hydroxyl groups is 1. The van der Waals surface area contributed by atoms with E-state index >= 15 is 0 Å². The van der Waals surface area contributed by atoms with E-state index in [-0.39, 0.29) is 12.0 Å². The highest BCUT2D eigenvalue weighted by molar-refractivity contribution is 5.76. The fourth-order valence-electron chi connectivity index (χ4n) is 2.94. The summed E-state index contributed by atoms with van der Waals surface area (Å²) >= 11 is 0. The Kier molecular flexibility index (Phi) is 5.15. The van der Waals surface area contributed by atoms with E-state index in [1.807, 2.05) is 23.1 Å². The first-order valence-corrected chi connectivity index (χ1v) is 7.14. The summed E-state index contributed by atoms with van der Waals surface area (Å²) in [4.78, 5) is 13.8. The summed E-state index contributed by atoms with van der Waals surface area (Å²) in [7, 11) is 1.40. The lowest BCUT2D eigenvalue weighted by Gasteiger charge is -2.25. The molecular weight excluding hydrogens is 254 g/mol. The van der Waals surface area contributed by atoms with Crippen molar-refractivity contribution in [1.29, 1.82) is 0 Å². The highest BCUT2D eigenvalue weighted by Crippen LogP contribution is 2.21. The van der Waals surface area contributed by atoms with Gasteiger partial charge in [0, 0.05) is 19.5 Å². The van der Waals surface area contributed by atoms with E-state index in [1.54, 1.807) is 0 Å². The van der Waals surface area contributed by atoms with Crippen LogP contribution >= 0.6 is 0 Å². The van der Waals surface area contributed by atoms with Gasteiger partial charge in [-0.3, -0.25) is 9.69 Å². The summed E-state index contributed by atoms with van der Waals surface area (Å²) in [6, 6.07) is 10.0. The topological polar surface area (TPSA) is 49.8 Å². The average Bonchev–Trinajstić information content (AvgIpc) is 2.79. The third-order valence-electron chi connectivity index (χ3n) is 3.83. The van der Waals surface area contributed by atoms with Crippen LogP contribution in [0.15, 0.2) is 30.3 Å². The van der Waals surface area contributed by atoms with Gasteiger partial charge in [-0.1, -0.05) is 37.3 Å². The maximum atomic E-state index is 11.7. The standard InChI is InChI=1S/C16H23NO3/c1-12(8-13-6-4-3-5-7-13)10-17-11-14(18)9-15(17)16(19)20-2/h3-7,12,14-15,18H,8-11H2,1-2H3/t12-,14-,15-/m0/s1. The van der Waals surface area contributed by atoms with Crippen molar-refractivity contribution in [3.8, 4) is 0 Å². The van der Waals surface area contributed by atoms with Gasteiger partial charge in [-0.2, -0.15) is 0 Å². The number of carbonyl (C=O) groups is 1. The van der Waals surface area contributed by atoms with E-state index in [0.29, 0.717) is 18.9 Å². The van der Waals surface area contributed by atoms with Crippen LogP contribution in [0, 0.1) is 5.92 Å². The third kappa shape index (κ3) is 3.81. The second-order valence-electron chi connectivity index (χ2n) is 5.68. The molecule has 1 aliphatic heterocycles. The summed E-state index contributed by atoms with van der Waals surface area (Å²) in [5.41, 5.74) is 1.30. The number of hydrogen-bond donors (Lipinski definition) is 1. The molecule has 110 valence electrons. The monoisotopic (exact) mass is 277 g/mol. The first-order valence-electron chi connectivity index (χ1n) is 7.14. The number of esters is 1. The normalized spacial score (nSPS) is 24.6. The molecule has 0 bridgehead atoms. The molecule has 0 aromatic heterocycles. The SMILES string of the molecule is COC(=O)[C@@H]1C[C@H](O)CN1C[C@@H](C)Cc1ccccc1. The maximum Gasteiger partial charge on any atom is 0.323 e. The lowest BCUT2D eigenvalue weighted by Crippen LogP contribution is -2.39. The number of benzene rings is 1. The number of likely N-dealkylation sites (tertiary alicyclic amines) is 1. The van der Waals surface area contributed by atoms with Crippen LogP contribution in [0.2, 0.25) is 0 Å². The average molecular weight is 277 g/mol. The number of carbonyl (C=O) groups excluding carboxylic acids is 1. The van der Waals surface area contributed by atoms with Gasteiger partial charge in [-0.15, -0.1) is 0 Å². The van der Waals surface area contributed by atoms with Crippen LogP contribution in [-0.2, 0) is 16.0 Å². The molecule has 1 aliphatic rings. The first kappa shape index (κ1) is 15.0. The molecule has 20 heavy (non-hydrogen) atoms. The fraction of sp³-hybridized carbons (Fsp3) is 0.562. The number of ether oxygens (including phenoxy) is 1. The van der Waals surface area contributed by atoms with Crippen molar-refractivity contribution >= 4 is 5.97 Å². The van der Waals surface area contributed by atoms with Gasteiger partial charge in [-0.05, 0) is 17.9 Å². The zero-order chi connectivity index (χ0) is 14.5. The van der Waals surface area contributed by atoms with E-state index in [2.05, 4.69) is 19.1 Å². The molecule has 1 heterocycles. The molecule has 0 aliphatic carbocycles. The molecule has 1 saturated heterocycles. The molecule has 1 aromatic carbocycles. The van der Waals surface area contributed by atoms with Crippen molar-refractivity contribution in [2.24, 2.45) is 5.92 Å². The van der Waals surface area contributed by atoms with Crippen LogP contribution in [0.3, 0.4) is 0 Å². The number of β-amino-alcohol motifs (C(OH)–C–C–N with tert-alkyl or cyclic N) is 1. The Hall–Kier alpha value is -1.39. The Morgan fingerprint density at radius 3 is 2.80 bits per heavy atom. The van der Waals surface area contributed by atoms with Crippen molar-refractivity contribution in [1.82, 2.24) is 4.90 Å². The lowest BCUT2D eigenvalue weighted by atomic mass is 10.0. The maximum absolute atomic E-state index is 11.7. The number of nitrogens with zero attached hydrogens (tertiary/aromatic N) is 1. The summed E-state index contributed by atoms with van der Waals surface area (Å²) in [6.45, 7) is 3.52. The van der Waals surface area contributed by atoms with E-state index in [4.69, 9.17) is 4.74 Å². The van der Waals surface area contributed by atoms with E-state index in [0.717, 1.165) is 13.0 Å². The molecule has 4 heteroatoms. The second-order valence-corrected chi connectivity index (χ2v) is 5.68. The van der Waals surface area contributed by atoms with Crippen LogP contribution < -0.4 is 0 Å². The Balaban J connectivity index is 1.92. The minimum Gasteiger partial charge on any atom is -0.468 e. The van der Waals surface area contributed by atoms with Gasteiger partial charge in [0.25, 0.3) is 0 Å². The predicted octanol–water partition coefficient (Wildman–Crippen LogP) is 1.47. The van der Waals surface area contributed by atoms with E-state index in [9.17, 15) is 9.90 Å². The quantitative estimate of drug-likeness (QED) is 0.828. The third-order valence-corrected chi connectivity index (χ3v) is 3.83. The molecule has 3 atom stereocenters. The summed E-state index contributed by atoms with van der Waals surface area (Å²) in [5, 5.41) is 9.77. The molecule has 0 saturated carbocycles. The van der Waals surface area contributed by atoms with Gasteiger partial charge >= 0.3 is 5.97 Å². The van der Waals surface area contributed by atoms with Gasteiger partial charge in [0.15, 0.2) is 0 Å². The van der Waals surface area contributed by atoms with Crippen molar-refractivity contribution in [3.05, 3.63) is 35.9 Å². The van der Waals surface area contributed by atoms with Crippen LogP contribution in [0.5, 0.6) is 0 Å². The van der Waals surface area contributed by atoms with Crippen molar-refractivity contribution in [2.45, 2.75) is 31.9 Å². The van der Waals surface area contributed by atoms with Crippen molar-refractivity contribution in [2.75, 3.05) is 20.2 Å². The van der Waals surface area contributed by atoms with Crippen molar-refractivity contribution < 1.29 is 14.6 Å². The molecule has 1 aromatic rings. The molecule has 2 rings (SSSR count). The van der Waals surface area contributed by atoms with Crippen LogP contribution in [-0.4, -0.2) is 48.3 Å². The second kappa shape index (κ2) is 6.86. The minimum atomic E-state index is -0.428. The molecule has 0 radical (unpaired) electrons. The summed E-state index contributed by atoms with van der Waals surface area (Å²) in [6.07, 6.45) is 1.02. The molecule has 1 fully saturated rings. The molecule has 0 unspecified atom stereocenters. The Morgan fingerprint density at radius 1 is 1.45 bits per heavy atom. The molecule has 0 amide bonds. The summed E-state index contributed by atoms with van der Waals surface area (Å²) in [5.74, 6) is 0.184. The van der Waals surface area contributed by atoms with Crippen molar-refractivity contribution in [3.63, 3.8) is 0 Å². The van der Waals surface area contributed by atoms with Gasteiger partial charge in [0.2, 0.25) is 0 Å². The summed E-state index contributed by atoms with van der Waals surface area (Å²) < 4.78 is 4.82. The van der Waals surface area contributed by atoms with Gasteiger partial charge < -0.3 is 9.84 Å². The Labute approximate surface area is 120 Å². The van der Waals surface area contributed by atoms with E-state index in [1.165, 1.54) is 12.7 Å². The number of rotatable bonds is 5. The lowest BCUT2D eigenvalue weighted by molar-refractivity contribution is -0.146. The predicted molar refractivity (Wildman–Crippen MR) is 77.3 cm³/mol. The van der Waals surface area contributed by atoms with Crippen LogP contribution in [0.4, 0.5) is 0 Å². The fourth-order valence-corrected chi connectivity index (χ4v) is 2.94. The zero-order valence-corrected chi connectivity index (χ0v) is 12.2. The number of methoxy groups -OCH3 is 1. The zero-order valence-electron chi connectivity index (χ0n) is 12.2. The van der Waals surface area contributed by atoms with Crippen LogP contribution in [0.1, 0.15) is 18.9 Å². The van der Waals surface area contributed by atoms with Crippen LogP contribution in [0.25, 0.3) is 0 Å². The van der Waals surface area contributed by atoms with Gasteiger partial charge in [-0.25, -0.2) is 0 Å².